The molecule has 0 bridgehead atoms. The Balaban J connectivity index is 2.62. The van der Waals surface area contributed by atoms with Crippen LogP contribution in [0.5, 0.6) is 0 Å². The molecule has 1 aromatic heterocycles. The topological polar surface area (TPSA) is 170 Å². The standard InChI is InChI=1S/C15H25N5O5/c1-8(2)3-11(15(24)25)19-14(23)12(6-21)20-13(22)10(16)4-9-5-17-7-18-9/h5,7-8,10-12,21H,3-4,6,16H2,1-2H3,(H,17,18)(H,19,23)(H,20,22)(H,24,25)/t10-,11-,12-/m0/s1. The first-order valence-electron chi connectivity index (χ1n) is 7.91. The van der Waals surface area contributed by atoms with Crippen molar-refractivity contribution in [1.82, 2.24) is 20.6 Å². The van der Waals surface area contributed by atoms with Crippen LogP contribution in [-0.4, -0.2) is 62.7 Å². The second kappa shape index (κ2) is 9.74. The minimum absolute atomic E-state index is 0.0476. The molecule has 0 spiro atoms. The molecule has 10 heteroatoms. The average molecular weight is 355 g/mol. The normalized spacial score (nSPS) is 14.6. The Kier molecular flexibility index (Phi) is 8.02. The van der Waals surface area contributed by atoms with Crippen LogP contribution in [0.25, 0.3) is 0 Å². The van der Waals surface area contributed by atoms with E-state index < -0.39 is 42.5 Å². The summed E-state index contributed by atoms with van der Waals surface area (Å²) in [6.45, 7) is 2.96. The maximum Gasteiger partial charge on any atom is 0.326 e. The molecule has 0 saturated heterocycles. The van der Waals surface area contributed by atoms with Gasteiger partial charge in [0, 0.05) is 18.3 Å². The van der Waals surface area contributed by atoms with Crippen molar-refractivity contribution in [2.24, 2.45) is 11.7 Å². The summed E-state index contributed by atoms with van der Waals surface area (Å²) in [5, 5.41) is 23.1. The van der Waals surface area contributed by atoms with Crippen LogP contribution < -0.4 is 16.4 Å². The number of nitrogens with zero attached hydrogens (tertiary/aromatic N) is 1. The fourth-order valence-corrected chi connectivity index (χ4v) is 2.16. The second-order valence-electron chi connectivity index (χ2n) is 6.16. The minimum atomic E-state index is -1.28. The number of carbonyl (C=O) groups excluding carboxylic acids is 2. The van der Waals surface area contributed by atoms with E-state index in [9.17, 15) is 19.5 Å². The number of H-pyrrole nitrogens is 1. The second-order valence-corrected chi connectivity index (χ2v) is 6.16. The summed E-state index contributed by atoms with van der Waals surface area (Å²) in [6.07, 6.45) is 3.38. The SMILES string of the molecule is CC(C)C[C@H](NC(=O)[C@H](CO)NC(=O)[C@@H](N)Cc1cnc[nH]1)C(=O)O. The van der Waals surface area contributed by atoms with E-state index >= 15 is 0 Å². The number of amides is 2. The summed E-state index contributed by atoms with van der Waals surface area (Å²) in [4.78, 5) is 42.0. The number of aliphatic hydroxyl groups excluding tert-OH is 1. The smallest absolute Gasteiger partial charge is 0.326 e. The fraction of sp³-hybridized carbons (Fsp3) is 0.600. The Bertz CT molecular complexity index is 575. The molecular formula is C15H25N5O5. The van der Waals surface area contributed by atoms with Crippen LogP contribution >= 0.6 is 0 Å². The number of hydrogen-bond donors (Lipinski definition) is 6. The number of aliphatic carboxylic acids is 1. The molecule has 0 aliphatic heterocycles. The van der Waals surface area contributed by atoms with Crippen LogP contribution in [0.1, 0.15) is 26.0 Å². The Morgan fingerprint density at radius 1 is 1.24 bits per heavy atom. The van der Waals surface area contributed by atoms with Crippen molar-refractivity contribution >= 4 is 17.8 Å². The number of carboxylic acids is 1. The van der Waals surface area contributed by atoms with Gasteiger partial charge in [0.25, 0.3) is 0 Å². The van der Waals surface area contributed by atoms with Gasteiger partial charge < -0.3 is 31.6 Å². The van der Waals surface area contributed by atoms with Crippen molar-refractivity contribution in [2.45, 2.75) is 44.8 Å². The zero-order chi connectivity index (χ0) is 19.0. The maximum absolute atomic E-state index is 12.1. The first-order chi connectivity index (χ1) is 11.7. The van der Waals surface area contributed by atoms with Gasteiger partial charge >= 0.3 is 5.97 Å². The molecule has 0 aliphatic carbocycles. The molecule has 1 aromatic rings. The number of carboxylic acid groups (broad SMARTS) is 1. The molecule has 0 fully saturated rings. The number of aromatic amines is 1. The predicted octanol–water partition coefficient (Wildman–Crippen LogP) is -1.63. The monoisotopic (exact) mass is 355 g/mol. The van der Waals surface area contributed by atoms with Crippen molar-refractivity contribution in [3.63, 3.8) is 0 Å². The highest BCUT2D eigenvalue weighted by molar-refractivity contribution is 5.91. The van der Waals surface area contributed by atoms with Gasteiger partial charge in [-0.15, -0.1) is 0 Å². The molecule has 140 valence electrons. The lowest BCUT2D eigenvalue weighted by Gasteiger charge is -2.22. The molecule has 0 aliphatic rings. The number of hydrogen-bond acceptors (Lipinski definition) is 6. The fourth-order valence-electron chi connectivity index (χ4n) is 2.16. The third kappa shape index (κ3) is 6.89. The number of rotatable bonds is 10. The number of aromatic nitrogens is 2. The van der Waals surface area contributed by atoms with Crippen LogP contribution in [0.4, 0.5) is 0 Å². The zero-order valence-electron chi connectivity index (χ0n) is 14.2. The van der Waals surface area contributed by atoms with Crippen molar-refractivity contribution in [3.05, 3.63) is 18.2 Å². The molecule has 1 rings (SSSR count). The van der Waals surface area contributed by atoms with Crippen LogP contribution in [0, 0.1) is 5.92 Å². The molecule has 0 unspecified atom stereocenters. The minimum Gasteiger partial charge on any atom is -0.480 e. The molecule has 25 heavy (non-hydrogen) atoms. The van der Waals surface area contributed by atoms with Crippen molar-refractivity contribution in [1.29, 1.82) is 0 Å². The van der Waals surface area contributed by atoms with E-state index in [0.29, 0.717) is 5.69 Å². The van der Waals surface area contributed by atoms with E-state index in [1.54, 1.807) is 0 Å². The number of nitrogens with two attached hydrogens (primary N) is 1. The number of imidazole rings is 1. The lowest BCUT2D eigenvalue weighted by molar-refractivity contribution is -0.143. The zero-order valence-corrected chi connectivity index (χ0v) is 14.2. The number of carbonyl (C=O) groups is 3. The first kappa shape index (κ1) is 20.6. The Labute approximate surface area is 145 Å². The van der Waals surface area contributed by atoms with Crippen molar-refractivity contribution < 1.29 is 24.6 Å². The van der Waals surface area contributed by atoms with E-state index in [1.807, 2.05) is 13.8 Å². The van der Waals surface area contributed by atoms with Crippen LogP contribution in [0.3, 0.4) is 0 Å². The average Bonchev–Trinajstić information content (AvgIpc) is 3.03. The first-order valence-corrected chi connectivity index (χ1v) is 7.91. The molecule has 0 saturated carbocycles. The molecule has 3 atom stereocenters. The summed E-state index contributed by atoms with van der Waals surface area (Å²) in [7, 11) is 0. The Morgan fingerprint density at radius 3 is 2.36 bits per heavy atom. The van der Waals surface area contributed by atoms with E-state index in [1.165, 1.54) is 12.5 Å². The molecule has 2 amide bonds. The van der Waals surface area contributed by atoms with Gasteiger partial charge in [-0.1, -0.05) is 13.8 Å². The molecule has 0 radical (unpaired) electrons. The van der Waals surface area contributed by atoms with E-state index in [2.05, 4.69) is 20.6 Å². The van der Waals surface area contributed by atoms with Crippen LogP contribution in [0.2, 0.25) is 0 Å². The highest BCUT2D eigenvalue weighted by Gasteiger charge is 2.28. The number of aliphatic hydroxyl groups is 1. The summed E-state index contributed by atoms with van der Waals surface area (Å²) in [5.74, 6) is -2.55. The molecule has 7 N–H and O–H groups in total. The van der Waals surface area contributed by atoms with Gasteiger partial charge in [-0.05, 0) is 12.3 Å². The quantitative estimate of drug-likeness (QED) is 0.292. The van der Waals surface area contributed by atoms with Gasteiger partial charge in [0.15, 0.2) is 0 Å². The van der Waals surface area contributed by atoms with Crippen molar-refractivity contribution in [2.75, 3.05) is 6.61 Å². The van der Waals surface area contributed by atoms with Gasteiger partial charge in [0.1, 0.15) is 12.1 Å². The molecule has 10 nitrogen and oxygen atoms in total. The Hall–Kier alpha value is -2.46. The lowest BCUT2D eigenvalue weighted by Crippen LogP contribution is -2.56. The van der Waals surface area contributed by atoms with Gasteiger partial charge in [0.05, 0.1) is 19.0 Å². The summed E-state index contributed by atoms with van der Waals surface area (Å²) < 4.78 is 0. The summed E-state index contributed by atoms with van der Waals surface area (Å²) in [6, 6.07) is -3.33. The van der Waals surface area contributed by atoms with Crippen LogP contribution in [-0.2, 0) is 20.8 Å². The molecule has 0 aromatic carbocycles. The van der Waals surface area contributed by atoms with Crippen LogP contribution in [0.15, 0.2) is 12.5 Å². The summed E-state index contributed by atoms with van der Waals surface area (Å²) in [5.41, 5.74) is 6.41. The van der Waals surface area contributed by atoms with Gasteiger partial charge in [0.2, 0.25) is 11.8 Å². The van der Waals surface area contributed by atoms with E-state index in [-0.39, 0.29) is 18.8 Å². The highest BCUT2D eigenvalue weighted by atomic mass is 16.4. The predicted molar refractivity (Wildman–Crippen MR) is 88.3 cm³/mol. The van der Waals surface area contributed by atoms with E-state index in [0.717, 1.165) is 0 Å². The van der Waals surface area contributed by atoms with E-state index in [4.69, 9.17) is 10.8 Å². The van der Waals surface area contributed by atoms with Gasteiger partial charge in [-0.25, -0.2) is 9.78 Å². The highest BCUT2D eigenvalue weighted by Crippen LogP contribution is 2.05. The third-order valence-electron chi connectivity index (χ3n) is 3.47. The van der Waals surface area contributed by atoms with Gasteiger partial charge in [-0.3, -0.25) is 9.59 Å². The number of nitrogens with one attached hydrogen (secondary N) is 3. The maximum atomic E-state index is 12.1. The molecule has 1 heterocycles. The lowest BCUT2D eigenvalue weighted by atomic mass is 10.0. The molecular weight excluding hydrogens is 330 g/mol. The summed E-state index contributed by atoms with van der Waals surface area (Å²) >= 11 is 0. The third-order valence-corrected chi connectivity index (χ3v) is 3.47. The largest absolute Gasteiger partial charge is 0.480 e. The Morgan fingerprint density at radius 2 is 1.88 bits per heavy atom. The van der Waals surface area contributed by atoms with Gasteiger partial charge in [-0.2, -0.15) is 0 Å². The van der Waals surface area contributed by atoms with Crippen molar-refractivity contribution in [3.8, 4) is 0 Å².